The monoisotopic (exact) mass is 443 g/mol. The molecule has 4 aromatic rings. The summed E-state index contributed by atoms with van der Waals surface area (Å²) in [5, 5.41) is 0. The molecule has 0 heterocycles. The van der Waals surface area contributed by atoms with Gasteiger partial charge < -0.3 is 0 Å². The molecule has 0 unspecified atom stereocenters. The van der Waals surface area contributed by atoms with Crippen molar-refractivity contribution in [3.05, 3.63) is 127 Å². The molecule has 0 nitrogen and oxygen atoms in total. The van der Waals surface area contributed by atoms with Crippen LogP contribution in [0.1, 0.15) is 5.56 Å². The average Bonchev–Trinajstić information content (AvgIpc) is 2.75. The summed E-state index contributed by atoms with van der Waals surface area (Å²) < 4.78 is 5.68. The minimum absolute atomic E-state index is 1.12. The molecule has 0 N–H and O–H groups in total. The molecule has 0 fully saturated rings. The quantitative estimate of drug-likeness (QED) is 0.410. The van der Waals surface area contributed by atoms with Gasteiger partial charge in [0.2, 0.25) is 0 Å². The Kier molecular flexibility index (Phi) is 5.23. The van der Waals surface area contributed by atoms with Crippen LogP contribution in [-0.4, -0.2) is 18.8 Å². The Balaban J connectivity index is 2.00. The van der Waals surface area contributed by atoms with E-state index >= 15 is 0 Å². The van der Waals surface area contributed by atoms with E-state index in [4.69, 9.17) is 0 Å². The summed E-state index contributed by atoms with van der Waals surface area (Å²) in [6.45, 7) is 0. The van der Waals surface area contributed by atoms with Crippen molar-refractivity contribution >= 4 is 29.3 Å². The molecule has 1 heteroatoms. The van der Waals surface area contributed by atoms with E-state index < -0.39 is 18.8 Å². The second-order valence-corrected chi connectivity index (χ2v) is 16.4. The normalized spacial score (nSPS) is 11.2. The fourth-order valence-electron chi connectivity index (χ4n) is 3.63. The van der Waals surface area contributed by atoms with Gasteiger partial charge in [0, 0.05) is 0 Å². The van der Waals surface area contributed by atoms with Crippen LogP contribution in [0, 0.1) is 0 Å². The molecule has 0 spiro atoms. The van der Waals surface area contributed by atoms with E-state index in [9.17, 15) is 0 Å². The van der Waals surface area contributed by atoms with Crippen molar-refractivity contribution in [2.75, 3.05) is 0 Å². The van der Waals surface area contributed by atoms with Crippen molar-refractivity contribution in [1.82, 2.24) is 0 Å². The maximum atomic E-state index is 2.34. The van der Waals surface area contributed by atoms with Crippen molar-refractivity contribution in [3.63, 3.8) is 0 Å². The molecule has 0 amide bonds. The molecule has 0 atom stereocenters. The topological polar surface area (TPSA) is 0 Å². The Morgan fingerprint density at radius 3 is 1.04 bits per heavy atom. The predicted molar refractivity (Wildman–Crippen MR) is 114 cm³/mol. The van der Waals surface area contributed by atoms with Crippen LogP contribution in [0.2, 0.25) is 0 Å². The molecule has 4 aromatic carbocycles. The fraction of sp³-hybridized carbons (Fsp3) is 0.0400. The molecule has 4 rings (SSSR count). The molecule has 126 valence electrons. The van der Waals surface area contributed by atoms with Crippen molar-refractivity contribution in [3.8, 4) is 0 Å². The first-order valence-electron chi connectivity index (χ1n) is 8.98. The summed E-state index contributed by atoms with van der Waals surface area (Å²) in [7, 11) is 0. The zero-order valence-corrected chi connectivity index (χ0v) is 17.3. The Hall–Kier alpha value is -2.30. The van der Waals surface area contributed by atoms with Gasteiger partial charge in [0.15, 0.2) is 0 Å². The van der Waals surface area contributed by atoms with Crippen LogP contribution in [0.5, 0.6) is 0 Å². The van der Waals surface area contributed by atoms with Gasteiger partial charge in [-0.3, -0.25) is 0 Å². The van der Waals surface area contributed by atoms with Crippen LogP contribution < -0.4 is 10.5 Å². The Bertz CT molecular complexity index is 836. The summed E-state index contributed by atoms with van der Waals surface area (Å²) in [5.41, 5.74) is 1.43. The predicted octanol–water partition coefficient (Wildman–Crippen LogP) is 3.94. The number of rotatable bonds is 5. The van der Waals surface area contributed by atoms with Crippen LogP contribution in [0.4, 0.5) is 0 Å². The van der Waals surface area contributed by atoms with Crippen molar-refractivity contribution in [2.45, 2.75) is 4.37 Å². The fourth-order valence-corrected chi connectivity index (χ4v) is 15.7. The van der Waals surface area contributed by atoms with Crippen LogP contribution in [0.25, 0.3) is 0 Å². The van der Waals surface area contributed by atoms with Crippen LogP contribution in [0.3, 0.4) is 0 Å². The van der Waals surface area contributed by atoms with E-state index in [1.807, 2.05) is 0 Å². The molecule has 0 saturated carbocycles. The van der Waals surface area contributed by atoms with Gasteiger partial charge in [-0.15, -0.1) is 0 Å². The molecular formula is C25H22Sb+. The molecule has 0 bridgehead atoms. The van der Waals surface area contributed by atoms with Crippen molar-refractivity contribution < 1.29 is 0 Å². The van der Waals surface area contributed by atoms with E-state index in [2.05, 4.69) is 121 Å². The molecule has 26 heavy (non-hydrogen) atoms. The molecular weight excluding hydrogens is 422 g/mol. The first-order chi connectivity index (χ1) is 12.9. The SMILES string of the molecule is c1ccc([CH2][Sb+]([c]2ccccc2)([c]2ccccc2)[c]2ccccc2)cc1. The molecule has 0 aliphatic heterocycles. The maximum absolute atomic E-state index is 3.02. The van der Waals surface area contributed by atoms with Gasteiger partial charge in [0.05, 0.1) is 0 Å². The van der Waals surface area contributed by atoms with Crippen LogP contribution in [-0.2, 0) is 4.37 Å². The first-order valence-corrected chi connectivity index (χ1v) is 14.6. The third kappa shape index (κ3) is 3.35. The Morgan fingerprint density at radius 1 is 0.385 bits per heavy atom. The number of benzene rings is 4. The zero-order valence-electron chi connectivity index (χ0n) is 14.7. The second kappa shape index (κ2) is 7.94. The van der Waals surface area contributed by atoms with Gasteiger partial charge in [-0.2, -0.15) is 0 Å². The summed E-state index contributed by atoms with van der Waals surface area (Å²) >= 11 is -3.02. The van der Waals surface area contributed by atoms with E-state index in [-0.39, 0.29) is 0 Å². The molecule has 0 aliphatic carbocycles. The van der Waals surface area contributed by atoms with E-state index in [1.165, 1.54) is 16.1 Å². The second-order valence-electron chi connectivity index (χ2n) is 6.46. The minimum atomic E-state index is -3.02. The Morgan fingerprint density at radius 2 is 0.692 bits per heavy atom. The Labute approximate surface area is 160 Å². The third-order valence-electron chi connectivity index (χ3n) is 4.85. The van der Waals surface area contributed by atoms with Gasteiger partial charge in [0.25, 0.3) is 0 Å². The van der Waals surface area contributed by atoms with Gasteiger partial charge in [0.1, 0.15) is 0 Å². The van der Waals surface area contributed by atoms with Crippen LogP contribution >= 0.6 is 0 Å². The average molecular weight is 444 g/mol. The van der Waals surface area contributed by atoms with Gasteiger partial charge in [-0.25, -0.2) is 0 Å². The van der Waals surface area contributed by atoms with Crippen molar-refractivity contribution in [1.29, 1.82) is 0 Å². The zero-order chi connectivity index (χ0) is 17.7. The number of hydrogen-bond acceptors (Lipinski definition) is 0. The van der Waals surface area contributed by atoms with Crippen LogP contribution in [0.15, 0.2) is 121 Å². The van der Waals surface area contributed by atoms with E-state index in [0.717, 1.165) is 4.37 Å². The molecule has 0 aromatic heterocycles. The summed E-state index contributed by atoms with van der Waals surface area (Å²) in [4.78, 5) is 0. The first kappa shape index (κ1) is 17.1. The molecule has 0 radical (unpaired) electrons. The van der Waals surface area contributed by atoms with E-state index in [0.29, 0.717) is 0 Å². The summed E-state index contributed by atoms with van der Waals surface area (Å²) in [5.74, 6) is 0. The third-order valence-corrected chi connectivity index (χ3v) is 17.4. The van der Waals surface area contributed by atoms with E-state index in [1.54, 1.807) is 0 Å². The van der Waals surface area contributed by atoms with Gasteiger partial charge in [-0.1, -0.05) is 0 Å². The standard InChI is InChI=1S/C7H7.3C6H5.Sb/c1-7-5-3-2-4-6-7;3*1-2-4-6-5-3-1;/h2-6H,1H2;3*1-5H;/q;;;;+1. The molecule has 0 saturated heterocycles. The van der Waals surface area contributed by atoms with Crippen molar-refractivity contribution in [2.24, 2.45) is 0 Å². The van der Waals surface area contributed by atoms with Gasteiger partial charge in [-0.05, 0) is 0 Å². The molecule has 0 aliphatic rings. The van der Waals surface area contributed by atoms with Gasteiger partial charge >= 0.3 is 161 Å². The number of hydrogen-bond donors (Lipinski definition) is 0. The summed E-state index contributed by atoms with van der Waals surface area (Å²) in [6, 6.07) is 44.5. The summed E-state index contributed by atoms with van der Waals surface area (Å²) in [6.07, 6.45) is 0.